The third-order valence-corrected chi connectivity index (χ3v) is 4.55. The molecule has 0 spiro atoms. The number of thioether (sulfide) groups is 1. The molecule has 14 heavy (non-hydrogen) atoms. The van der Waals surface area contributed by atoms with Gasteiger partial charge in [0.15, 0.2) is 0 Å². The van der Waals surface area contributed by atoms with Gasteiger partial charge >= 0.3 is 0 Å². The Morgan fingerprint density at radius 1 is 1.64 bits per heavy atom. The molecule has 0 radical (unpaired) electrons. The molecule has 4 heteroatoms. The van der Waals surface area contributed by atoms with E-state index in [9.17, 15) is 0 Å². The molecule has 0 aromatic carbocycles. The van der Waals surface area contributed by atoms with E-state index in [0.717, 1.165) is 21.1 Å². The van der Waals surface area contributed by atoms with Crippen molar-refractivity contribution < 1.29 is 0 Å². The van der Waals surface area contributed by atoms with Gasteiger partial charge in [0.25, 0.3) is 0 Å². The van der Waals surface area contributed by atoms with Crippen molar-refractivity contribution in [1.29, 1.82) is 0 Å². The van der Waals surface area contributed by atoms with Crippen molar-refractivity contribution >= 4 is 39.3 Å². The zero-order valence-electron chi connectivity index (χ0n) is 8.04. The average molecular weight is 295 g/mol. The van der Waals surface area contributed by atoms with Crippen LogP contribution in [0.25, 0.3) is 0 Å². The quantitative estimate of drug-likeness (QED) is 0.595. The van der Waals surface area contributed by atoms with Gasteiger partial charge in [-0.25, -0.2) is 4.98 Å². The number of halogens is 2. The van der Waals surface area contributed by atoms with Gasteiger partial charge in [0, 0.05) is 17.3 Å². The molecular formula is C10H13BrClNS. The normalized spacial score (nSPS) is 12.8. The van der Waals surface area contributed by atoms with Gasteiger partial charge < -0.3 is 0 Å². The van der Waals surface area contributed by atoms with E-state index in [2.05, 4.69) is 27.8 Å². The second kappa shape index (κ2) is 6.70. The van der Waals surface area contributed by atoms with Crippen LogP contribution in [0, 0.1) is 5.92 Å². The minimum absolute atomic E-state index is 0.693. The predicted molar refractivity (Wildman–Crippen MR) is 67.5 cm³/mol. The van der Waals surface area contributed by atoms with Gasteiger partial charge in [0.2, 0.25) is 0 Å². The number of hydrogen-bond acceptors (Lipinski definition) is 2. The summed E-state index contributed by atoms with van der Waals surface area (Å²) in [4.78, 5) is 4.23. The summed E-state index contributed by atoms with van der Waals surface area (Å²) in [5.41, 5.74) is 0. The number of alkyl halides is 1. The largest absolute Gasteiger partial charge is 0.248 e. The third kappa shape index (κ3) is 3.79. The number of nitrogens with zero attached hydrogens (tertiary/aromatic N) is 1. The molecular weight excluding hydrogens is 282 g/mol. The van der Waals surface area contributed by atoms with Crippen LogP contribution in [0.2, 0.25) is 5.02 Å². The Hall–Kier alpha value is 0.270. The molecule has 78 valence electrons. The zero-order chi connectivity index (χ0) is 10.4. The molecule has 1 nitrogen and oxygen atoms in total. The number of hydrogen-bond donors (Lipinski definition) is 0. The second-order valence-corrected chi connectivity index (χ2v) is 5.09. The first kappa shape index (κ1) is 12.3. The van der Waals surface area contributed by atoms with Gasteiger partial charge in [-0.2, -0.15) is 0 Å². The lowest BCUT2D eigenvalue weighted by Crippen LogP contribution is -2.03. The molecule has 1 unspecified atom stereocenters. The minimum Gasteiger partial charge on any atom is -0.248 e. The highest BCUT2D eigenvalue weighted by Gasteiger charge is 2.07. The van der Waals surface area contributed by atoms with Crippen molar-refractivity contribution in [2.24, 2.45) is 5.92 Å². The Morgan fingerprint density at radius 2 is 2.43 bits per heavy atom. The third-order valence-electron chi connectivity index (χ3n) is 1.98. The van der Waals surface area contributed by atoms with Gasteiger partial charge in [-0.15, -0.1) is 11.8 Å². The molecule has 0 aliphatic carbocycles. The molecule has 0 saturated heterocycles. The second-order valence-electron chi connectivity index (χ2n) is 3.03. The highest BCUT2D eigenvalue weighted by atomic mass is 79.9. The first-order valence-electron chi connectivity index (χ1n) is 4.57. The van der Waals surface area contributed by atoms with E-state index in [1.165, 1.54) is 6.42 Å². The van der Waals surface area contributed by atoms with Crippen LogP contribution in [0.3, 0.4) is 0 Å². The molecule has 1 aromatic heterocycles. The zero-order valence-corrected chi connectivity index (χ0v) is 11.2. The van der Waals surface area contributed by atoms with Gasteiger partial charge in [0.05, 0.1) is 5.02 Å². The van der Waals surface area contributed by atoms with E-state index in [0.29, 0.717) is 5.92 Å². The summed E-state index contributed by atoms with van der Waals surface area (Å²) in [5.74, 6) is 1.76. The van der Waals surface area contributed by atoms with E-state index < -0.39 is 0 Å². The number of aromatic nitrogens is 1. The van der Waals surface area contributed by atoms with Crippen LogP contribution in [0.4, 0.5) is 0 Å². The van der Waals surface area contributed by atoms with Crippen molar-refractivity contribution in [1.82, 2.24) is 4.98 Å². The van der Waals surface area contributed by atoms with Gasteiger partial charge in [-0.05, 0) is 18.1 Å². The fourth-order valence-electron chi connectivity index (χ4n) is 0.946. The Morgan fingerprint density at radius 3 is 3.00 bits per heavy atom. The topological polar surface area (TPSA) is 12.9 Å². The Labute approximate surface area is 103 Å². The molecule has 1 rings (SSSR count). The summed E-state index contributed by atoms with van der Waals surface area (Å²) in [6.45, 7) is 2.20. The molecule has 0 amide bonds. The molecule has 0 saturated carbocycles. The fourth-order valence-corrected chi connectivity index (χ4v) is 3.31. The van der Waals surface area contributed by atoms with Crippen molar-refractivity contribution in [3.8, 4) is 0 Å². The molecule has 0 aliphatic rings. The summed E-state index contributed by atoms with van der Waals surface area (Å²) in [5, 5.41) is 2.73. The molecule has 0 bridgehead atoms. The molecule has 1 atom stereocenters. The maximum atomic E-state index is 6.00. The summed E-state index contributed by atoms with van der Waals surface area (Å²) in [6, 6.07) is 3.74. The summed E-state index contributed by atoms with van der Waals surface area (Å²) < 4.78 is 0. The standard InChI is InChI=1S/C10H13BrClNS/c1-2-8(6-11)7-14-10-9(12)4-3-5-13-10/h3-5,8H,2,6-7H2,1H3. The van der Waals surface area contributed by atoms with Crippen molar-refractivity contribution in [2.75, 3.05) is 11.1 Å². The highest BCUT2D eigenvalue weighted by molar-refractivity contribution is 9.09. The first-order chi connectivity index (χ1) is 6.77. The lowest BCUT2D eigenvalue weighted by Gasteiger charge is -2.10. The molecule has 0 N–H and O–H groups in total. The Kier molecular flexibility index (Phi) is 5.90. The number of pyridine rings is 1. The first-order valence-corrected chi connectivity index (χ1v) is 7.05. The minimum atomic E-state index is 0.693. The van der Waals surface area contributed by atoms with Gasteiger partial charge in [0.1, 0.15) is 5.03 Å². The maximum Gasteiger partial charge on any atom is 0.115 e. The smallest absolute Gasteiger partial charge is 0.115 e. The van der Waals surface area contributed by atoms with Crippen LogP contribution < -0.4 is 0 Å². The molecule has 1 aromatic rings. The van der Waals surface area contributed by atoms with E-state index in [-0.39, 0.29) is 0 Å². The van der Waals surface area contributed by atoms with Crippen LogP contribution in [0.5, 0.6) is 0 Å². The lowest BCUT2D eigenvalue weighted by molar-refractivity contribution is 0.652. The fraction of sp³-hybridized carbons (Fsp3) is 0.500. The molecule has 0 fully saturated rings. The van der Waals surface area contributed by atoms with Crippen LogP contribution in [-0.2, 0) is 0 Å². The van der Waals surface area contributed by atoms with Crippen molar-refractivity contribution in [3.05, 3.63) is 23.4 Å². The summed E-state index contributed by atoms with van der Waals surface area (Å²) in [6.07, 6.45) is 2.96. The SMILES string of the molecule is CCC(CBr)CSc1ncccc1Cl. The summed E-state index contributed by atoms with van der Waals surface area (Å²) >= 11 is 11.2. The van der Waals surface area contributed by atoms with Crippen LogP contribution >= 0.6 is 39.3 Å². The summed E-state index contributed by atoms with van der Waals surface area (Å²) in [7, 11) is 0. The average Bonchev–Trinajstić information content (AvgIpc) is 2.22. The lowest BCUT2D eigenvalue weighted by atomic mass is 10.2. The van der Waals surface area contributed by atoms with E-state index in [1.54, 1.807) is 18.0 Å². The number of rotatable bonds is 5. The van der Waals surface area contributed by atoms with E-state index >= 15 is 0 Å². The van der Waals surface area contributed by atoms with Gasteiger partial charge in [-0.3, -0.25) is 0 Å². The maximum absolute atomic E-state index is 6.00. The monoisotopic (exact) mass is 293 g/mol. The van der Waals surface area contributed by atoms with E-state index in [4.69, 9.17) is 11.6 Å². The predicted octanol–water partition coefficient (Wildman–Crippen LogP) is 4.25. The van der Waals surface area contributed by atoms with Crippen LogP contribution in [-0.4, -0.2) is 16.1 Å². The van der Waals surface area contributed by atoms with Crippen molar-refractivity contribution in [3.63, 3.8) is 0 Å². The Bertz CT molecular complexity index is 279. The van der Waals surface area contributed by atoms with Crippen LogP contribution in [0.1, 0.15) is 13.3 Å². The molecule has 0 aliphatic heterocycles. The Balaban J connectivity index is 2.49. The van der Waals surface area contributed by atoms with Crippen LogP contribution in [0.15, 0.2) is 23.4 Å². The highest BCUT2D eigenvalue weighted by Crippen LogP contribution is 2.27. The van der Waals surface area contributed by atoms with Crippen molar-refractivity contribution in [2.45, 2.75) is 18.4 Å². The molecule has 1 heterocycles. The van der Waals surface area contributed by atoms with E-state index in [1.807, 2.05) is 12.1 Å². The van der Waals surface area contributed by atoms with Gasteiger partial charge in [-0.1, -0.05) is 40.9 Å².